The summed E-state index contributed by atoms with van der Waals surface area (Å²) in [4.78, 5) is 0. The number of hydrogen-bond acceptors (Lipinski definition) is 1. The first kappa shape index (κ1) is 5.72. The van der Waals surface area contributed by atoms with Crippen molar-refractivity contribution in [3.63, 3.8) is 0 Å². The van der Waals surface area contributed by atoms with Gasteiger partial charge in [0, 0.05) is 6.04 Å². The highest BCUT2D eigenvalue weighted by molar-refractivity contribution is 4.91. The molecule has 0 aliphatic heterocycles. The van der Waals surface area contributed by atoms with Crippen molar-refractivity contribution >= 4 is 0 Å². The van der Waals surface area contributed by atoms with E-state index in [1.807, 2.05) is 0 Å². The zero-order valence-corrected chi connectivity index (χ0v) is 5.77. The summed E-state index contributed by atoms with van der Waals surface area (Å²) in [6.45, 7) is 1.29. The Morgan fingerprint density at radius 1 is 1.33 bits per heavy atom. The molecule has 0 atom stereocenters. The zero-order valence-electron chi connectivity index (χ0n) is 5.77. The van der Waals surface area contributed by atoms with Crippen molar-refractivity contribution in [2.75, 3.05) is 6.54 Å². The summed E-state index contributed by atoms with van der Waals surface area (Å²) in [5.74, 6) is 1.05. The van der Waals surface area contributed by atoms with Crippen LogP contribution in [-0.4, -0.2) is 12.6 Å². The Bertz CT molecular complexity index is 92.7. The predicted octanol–water partition coefficient (Wildman–Crippen LogP) is 1.35. The molecule has 0 heterocycles. The van der Waals surface area contributed by atoms with E-state index in [2.05, 4.69) is 11.7 Å². The van der Waals surface area contributed by atoms with Crippen molar-refractivity contribution in [1.82, 2.24) is 5.32 Å². The van der Waals surface area contributed by atoms with E-state index in [0.717, 1.165) is 12.0 Å². The molecule has 0 aromatic carbocycles. The van der Waals surface area contributed by atoms with Gasteiger partial charge in [-0.1, -0.05) is 0 Å². The number of hydrogen-bond donors (Lipinski definition) is 1. The SMILES string of the molecule is [CH]1CC(NCC2CC2)C1. The maximum atomic E-state index is 3.55. The van der Waals surface area contributed by atoms with E-state index in [-0.39, 0.29) is 0 Å². The van der Waals surface area contributed by atoms with Gasteiger partial charge >= 0.3 is 0 Å². The molecule has 2 fully saturated rings. The third-order valence-electron chi connectivity index (χ3n) is 2.29. The lowest BCUT2D eigenvalue weighted by atomic mass is 9.93. The van der Waals surface area contributed by atoms with Crippen LogP contribution in [0.1, 0.15) is 25.7 Å². The standard InChI is InChI=1S/C8H14N/c1-2-8(3-1)9-6-7-4-5-7/h1,7-9H,2-6H2. The summed E-state index contributed by atoms with van der Waals surface area (Å²) in [5, 5.41) is 3.55. The van der Waals surface area contributed by atoms with Crippen LogP contribution in [0.2, 0.25) is 0 Å². The molecule has 0 saturated heterocycles. The second-order valence-corrected chi connectivity index (χ2v) is 3.31. The Morgan fingerprint density at radius 3 is 2.56 bits per heavy atom. The largest absolute Gasteiger partial charge is 0.314 e. The molecule has 0 bridgehead atoms. The Kier molecular flexibility index (Phi) is 1.46. The van der Waals surface area contributed by atoms with Crippen molar-refractivity contribution in [3.8, 4) is 0 Å². The van der Waals surface area contributed by atoms with Gasteiger partial charge in [0.25, 0.3) is 0 Å². The van der Waals surface area contributed by atoms with Crippen molar-refractivity contribution in [2.24, 2.45) is 5.92 Å². The highest BCUT2D eigenvalue weighted by atomic mass is 14.9. The quantitative estimate of drug-likeness (QED) is 0.599. The lowest BCUT2D eigenvalue weighted by Gasteiger charge is -2.26. The maximum Gasteiger partial charge on any atom is 0.00726 e. The van der Waals surface area contributed by atoms with E-state index < -0.39 is 0 Å². The summed E-state index contributed by atoms with van der Waals surface area (Å²) in [5.41, 5.74) is 0. The molecule has 0 spiro atoms. The van der Waals surface area contributed by atoms with Gasteiger partial charge in [-0.25, -0.2) is 0 Å². The molecule has 2 saturated carbocycles. The summed E-state index contributed by atoms with van der Waals surface area (Å²) in [7, 11) is 0. The second kappa shape index (κ2) is 2.30. The highest BCUT2D eigenvalue weighted by Crippen LogP contribution is 2.28. The predicted molar refractivity (Wildman–Crippen MR) is 38.0 cm³/mol. The van der Waals surface area contributed by atoms with E-state index in [1.165, 1.54) is 32.2 Å². The van der Waals surface area contributed by atoms with Gasteiger partial charge in [0.15, 0.2) is 0 Å². The Morgan fingerprint density at radius 2 is 2.11 bits per heavy atom. The lowest BCUT2D eigenvalue weighted by molar-refractivity contribution is 0.413. The molecule has 0 aromatic rings. The summed E-state index contributed by atoms with van der Waals surface area (Å²) in [6.07, 6.45) is 7.93. The van der Waals surface area contributed by atoms with Crippen molar-refractivity contribution in [3.05, 3.63) is 6.42 Å². The zero-order chi connectivity index (χ0) is 6.10. The van der Waals surface area contributed by atoms with Crippen LogP contribution < -0.4 is 5.32 Å². The molecule has 0 aromatic heterocycles. The van der Waals surface area contributed by atoms with Gasteiger partial charge in [0.05, 0.1) is 0 Å². The normalized spacial score (nSPS) is 28.0. The summed E-state index contributed by atoms with van der Waals surface area (Å²) < 4.78 is 0. The topological polar surface area (TPSA) is 12.0 Å². The molecule has 1 nitrogen and oxygen atoms in total. The average molecular weight is 124 g/mol. The van der Waals surface area contributed by atoms with Crippen LogP contribution >= 0.6 is 0 Å². The molecule has 2 rings (SSSR count). The fourth-order valence-corrected chi connectivity index (χ4v) is 1.16. The minimum absolute atomic E-state index is 0.852. The van der Waals surface area contributed by atoms with Crippen molar-refractivity contribution < 1.29 is 0 Å². The molecule has 0 amide bonds. The highest BCUT2D eigenvalue weighted by Gasteiger charge is 2.24. The molecular formula is C8H14N. The van der Waals surface area contributed by atoms with E-state index in [4.69, 9.17) is 0 Å². The van der Waals surface area contributed by atoms with Crippen LogP contribution in [0.4, 0.5) is 0 Å². The van der Waals surface area contributed by atoms with Crippen LogP contribution in [0.3, 0.4) is 0 Å². The van der Waals surface area contributed by atoms with Crippen molar-refractivity contribution in [1.29, 1.82) is 0 Å². The van der Waals surface area contributed by atoms with Gasteiger partial charge in [0.1, 0.15) is 0 Å². The minimum Gasteiger partial charge on any atom is -0.314 e. The monoisotopic (exact) mass is 124 g/mol. The summed E-state index contributed by atoms with van der Waals surface area (Å²) in [6, 6.07) is 0.852. The third-order valence-corrected chi connectivity index (χ3v) is 2.29. The minimum atomic E-state index is 0.852. The van der Waals surface area contributed by atoms with Crippen LogP contribution in [0.25, 0.3) is 0 Å². The number of rotatable bonds is 3. The molecule has 1 radical (unpaired) electrons. The van der Waals surface area contributed by atoms with Crippen LogP contribution in [0, 0.1) is 12.3 Å². The first-order chi connectivity index (χ1) is 4.45. The smallest absolute Gasteiger partial charge is 0.00726 e. The van der Waals surface area contributed by atoms with E-state index in [9.17, 15) is 0 Å². The first-order valence-electron chi connectivity index (χ1n) is 4.00. The molecule has 9 heavy (non-hydrogen) atoms. The van der Waals surface area contributed by atoms with Crippen LogP contribution in [-0.2, 0) is 0 Å². The number of nitrogens with one attached hydrogen (secondary N) is 1. The van der Waals surface area contributed by atoms with Gasteiger partial charge < -0.3 is 5.32 Å². The van der Waals surface area contributed by atoms with Gasteiger partial charge in [-0.3, -0.25) is 0 Å². The maximum absolute atomic E-state index is 3.55. The van der Waals surface area contributed by atoms with E-state index >= 15 is 0 Å². The third kappa shape index (κ3) is 1.45. The van der Waals surface area contributed by atoms with Gasteiger partial charge in [-0.05, 0) is 44.6 Å². The summed E-state index contributed by atoms with van der Waals surface area (Å²) >= 11 is 0. The first-order valence-corrected chi connectivity index (χ1v) is 4.00. The molecule has 1 N–H and O–H groups in total. The van der Waals surface area contributed by atoms with Crippen LogP contribution in [0.15, 0.2) is 0 Å². The fourth-order valence-electron chi connectivity index (χ4n) is 1.16. The lowest BCUT2D eigenvalue weighted by Crippen LogP contribution is -2.36. The molecule has 1 heteroatoms. The molecule has 2 aliphatic carbocycles. The molecular weight excluding hydrogens is 110 g/mol. The molecule has 51 valence electrons. The van der Waals surface area contributed by atoms with E-state index in [1.54, 1.807) is 0 Å². The molecule has 2 aliphatic rings. The Balaban J connectivity index is 1.55. The fraction of sp³-hybridized carbons (Fsp3) is 0.875. The average Bonchev–Trinajstić information content (AvgIpc) is 2.44. The van der Waals surface area contributed by atoms with Crippen LogP contribution in [0.5, 0.6) is 0 Å². The van der Waals surface area contributed by atoms with E-state index in [0.29, 0.717) is 0 Å². The Labute approximate surface area is 56.8 Å². The van der Waals surface area contributed by atoms with Crippen molar-refractivity contribution in [2.45, 2.75) is 31.7 Å². The molecule has 0 unspecified atom stereocenters. The van der Waals surface area contributed by atoms with Gasteiger partial charge in [-0.2, -0.15) is 0 Å². The second-order valence-electron chi connectivity index (χ2n) is 3.31. The Hall–Kier alpha value is -0.0400. The van der Waals surface area contributed by atoms with Gasteiger partial charge in [-0.15, -0.1) is 0 Å². The van der Waals surface area contributed by atoms with Gasteiger partial charge in [0.2, 0.25) is 0 Å².